The molecule has 27 heavy (non-hydrogen) atoms. The van der Waals surface area contributed by atoms with Crippen molar-refractivity contribution in [3.05, 3.63) is 77.7 Å². The number of benzene rings is 2. The number of hydrazone groups is 1. The number of nitrogens with zero attached hydrogens (tertiary/aromatic N) is 2. The molecule has 0 saturated heterocycles. The molecule has 2 aromatic carbocycles. The number of carbonyl (C=O) groups is 1. The molecule has 134 valence electrons. The molecular formula is C22H20N4O. The van der Waals surface area contributed by atoms with Crippen LogP contribution in [0.15, 0.2) is 65.9 Å². The normalized spacial score (nSPS) is 11.7. The molecule has 0 saturated carbocycles. The van der Waals surface area contributed by atoms with Crippen LogP contribution in [-0.2, 0) is 0 Å². The number of nitrogens with one attached hydrogen (secondary N) is 2. The highest BCUT2D eigenvalue weighted by Crippen LogP contribution is 2.29. The van der Waals surface area contributed by atoms with E-state index in [2.05, 4.69) is 34.3 Å². The van der Waals surface area contributed by atoms with Gasteiger partial charge in [-0.05, 0) is 29.0 Å². The summed E-state index contributed by atoms with van der Waals surface area (Å²) in [5.41, 5.74) is 5.80. The third-order valence-corrected chi connectivity index (χ3v) is 4.57. The number of aromatic amines is 1. The molecule has 0 unspecified atom stereocenters. The van der Waals surface area contributed by atoms with E-state index in [4.69, 9.17) is 0 Å². The largest absolute Gasteiger partial charge is 0.350 e. The van der Waals surface area contributed by atoms with Crippen LogP contribution in [-0.4, -0.2) is 22.1 Å². The number of amides is 1. The number of H-pyrrole nitrogens is 1. The number of rotatable bonds is 4. The molecule has 0 bridgehead atoms. The lowest BCUT2D eigenvalue weighted by molar-refractivity contribution is 0.0949. The highest BCUT2D eigenvalue weighted by molar-refractivity contribution is 6.01. The van der Waals surface area contributed by atoms with Crippen LogP contribution in [0.4, 0.5) is 0 Å². The van der Waals surface area contributed by atoms with E-state index in [-0.39, 0.29) is 11.8 Å². The SMILES string of the molecule is CC(C)c1c(C(=O)N/N=C\c2cc3ccccc3cn2)[nH]c2ccccc12. The van der Waals surface area contributed by atoms with Crippen molar-refractivity contribution in [1.82, 2.24) is 15.4 Å². The third kappa shape index (κ3) is 3.31. The van der Waals surface area contributed by atoms with E-state index >= 15 is 0 Å². The van der Waals surface area contributed by atoms with Gasteiger partial charge in [-0.15, -0.1) is 0 Å². The summed E-state index contributed by atoms with van der Waals surface area (Å²) in [5, 5.41) is 7.31. The average Bonchev–Trinajstić information content (AvgIpc) is 3.08. The summed E-state index contributed by atoms with van der Waals surface area (Å²) in [5.74, 6) is -0.0417. The number of pyridine rings is 1. The Kier molecular flexibility index (Phi) is 4.42. The van der Waals surface area contributed by atoms with Crippen LogP contribution in [0.2, 0.25) is 0 Å². The van der Waals surface area contributed by atoms with Crippen molar-refractivity contribution in [2.75, 3.05) is 0 Å². The van der Waals surface area contributed by atoms with Gasteiger partial charge in [-0.1, -0.05) is 56.3 Å². The lowest BCUT2D eigenvalue weighted by Crippen LogP contribution is -2.20. The lowest BCUT2D eigenvalue weighted by atomic mass is 9.99. The van der Waals surface area contributed by atoms with E-state index in [1.54, 1.807) is 12.4 Å². The molecule has 2 heterocycles. The smallest absolute Gasteiger partial charge is 0.288 e. The number of aromatic nitrogens is 2. The summed E-state index contributed by atoms with van der Waals surface area (Å²) < 4.78 is 0. The quantitative estimate of drug-likeness (QED) is 0.414. The summed E-state index contributed by atoms with van der Waals surface area (Å²) >= 11 is 0. The van der Waals surface area contributed by atoms with Crippen LogP contribution in [0.1, 0.15) is 41.5 Å². The number of carbonyl (C=O) groups excluding carboxylic acids is 1. The van der Waals surface area contributed by atoms with Gasteiger partial charge in [0.2, 0.25) is 0 Å². The lowest BCUT2D eigenvalue weighted by Gasteiger charge is -2.07. The van der Waals surface area contributed by atoms with Crippen molar-refractivity contribution in [3.8, 4) is 0 Å². The first-order valence-electron chi connectivity index (χ1n) is 8.92. The minimum absolute atomic E-state index is 0.216. The zero-order chi connectivity index (χ0) is 18.8. The van der Waals surface area contributed by atoms with Crippen molar-refractivity contribution < 1.29 is 4.79 Å². The number of para-hydroxylation sites is 1. The Balaban J connectivity index is 1.57. The molecule has 0 spiro atoms. The summed E-state index contributed by atoms with van der Waals surface area (Å²) in [7, 11) is 0. The van der Waals surface area contributed by atoms with Gasteiger partial charge in [-0.2, -0.15) is 5.10 Å². The second-order valence-electron chi connectivity index (χ2n) is 6.77. The maximum Gasteiger partial charge on any atom is 0.288 e. The van der Waals surface area contributed by atoms with Gasteiger partial charge < -0.3 is 4.98 Å². The zero-order valence-corrected chi connectivity index (χ0v) is 15.2. The number of hydrogen-bond donors (Lipinski definition) is 2. The van der Waals surface area contributed by atoms with E-state index in [1.165, 1.54) is 0 Å². The molecule has 0 aliphatic heterocycles. The Labute approximate surface area is 157 Å². The van der Waals surface area contributed by atoms with Crippen LogP contribution in [0.25, 0.3) is 21.7 Å². The van der Waals surface area contributed by atoms with Gasteiger partial charge in [0.25, 0.3) is 5.91 Å². The maximum atomic E-state index is 12.7. The molecule has 0 aliphatic carbocycles. The van der Waals surface area contributed by atoms with Crippen molar-refractivity contribution >= 4 is 33.8 Å². The van der Waals surface area contributed by atoms with Crippen molar-refractivity contribution in [3.63, 3.8) is 0 Å². The fraction of sp³-hybridized carbons (Fsp3) is 0.136. The predicted molar refractivity (Wildman–Crippen MR) is 109 cm³/mol. The van der Waals surface area contributed by atoms with Gasteiger partial charge in [0.1, 0.15) is 5.69 Å². The Morgan fingerprint density at radius 1 is 1.11 bits per heavy atom. The topological polar surface area (TPSA) is 70.1 Å². The Morgan fingerprint density at radius 2 is 1.85 bits per heavy atom. The molecule has 2 N–H and O–H groups in total. The molecular weight excluding hydrogens is 336 g/mol. The average molecular weight is 356 g/mol. The van der Waals surface area contributed by atoms with E-state index in [9.17, 15) is 4.79 Å². The molecule has 0 fully saturated rings. The second-order valence-corrected chi connectivity index (χ2v) is 6.77. The molecule has 4 rings (SSSR count). The summed E-state index contributed by atoms with van der Waals surface area (Å²) in [6.07, 6.45) is 3.36. The highest BCUT2D eigenvalue weighted by atomic mass is 16.2. The van der Waals surface area contributed by atoms with Gasteiger partial charge in [0.05, 0.1) is 11.9 Å². The molecule has 5 nitrogen and oxygen atoms in total. The molecule has 0 radical (unpaired) electrons. The van der Waals surface area contributed by atoms with Crippen molar-refractivity contribution in [2.24, 2.45) is 5.10 Å². The van der Waals surface area contributed by atoms with Crippen LogP contribution in [0, 0.1) is 0 Å². The standard InChI is InChI=1S/C22H20N4O/c1-14(2)20-18-9-5-6-10-19(18)25-21(20)22(27)26-24-13-17-11-15-7-3-4-8-16(15)12-23-17/h3-14,25H,1-2H3,(H,26,27)/b24-13-. The fourth-order valence-corrected chi connectivity index (χ4v) is 3.33. The fourth-order valence-electron chi connectivity index (χ4n) is 3.33. The second kappa shape index (κ2) is 7.03. The Hall–Kier alpha value is -3.47. The van der Waals surface area contributed by atoms with Gasteiger partial charge in [0, 0.05) is 22.5 Å². The first kappa shape index (κ1) is 17.0. The van der Waals surface area contributed by atoms with Crippen molar-refractivity contribution in [2.45, 2.75) is 19.8 Å². The van der Waals surface area contributed by atoms with E-state index in [1.807, 2.05) is 54.6 Å². The zero-order valence-electron chi connectivity index (χ0n) is 15.2. The van der Waals surface area contributed by atoms with Gasteiger partial charge in [-0.3, -0.25) is 9.78 Å². The molecule has 0 aliphatic rings. The molecule has 0 atom stereocenters. The van der Waals surface area contributed by atoms with Crippen LogP contribution in [0.5, 0.6) is 0 Å². The van der Waals surface area contributed by atoms with Crippen molar-refractivity contribution in [1.29, 1.82) is 0 Å². The minimum atomic E-state index is -0.257. The van der Waals surface area contributed by atoms with E-state index in [0.717, 1.165) is 27.2 Å². The van der Waals surface area contributed by atoms with Gasteiger partial charge in [0.15, 0.2) is 0 Å². The highest BCUT2D eigenvalue weighted by Gasteiger charge is 2.19. The summed E-state index contributed by atoms with van der Waals surface area (Å²) in [6, 6.07) is 17.9. The number of fused-ring (bicyclic) bond motifs is 2. The summed E-state index contributed by atoms with van der Waals surface area (Å²) in [4.78, 5) is 20.2. The van der Waals surface area contributed by atoms with Crippen LogP contribution >= 0.6 is 0 Å². The molecule has 4 aromatic rings. The predicted octanol–water partition coefficient (Wildman–Crippen LogP) is 4.60. The molecule has 5 heteroatoms. The summed E-state index contributed by atoms with van der Waals surface area (Å²) in [6.45, 7) is 4.16. The maximum absolute atomic E-state index is 12.7. The van der Waals surface area contributed by atoms with Gasteiger partial charge >= 0.3 is 0 Å². The van der Waals surface area contributed by atoms with E-state index < -0.39 is 0 Å². The monoisotopic (exact) mass is 356 g/mol. The van der Waals surface area contributed by atoms with E-state index in [0.29, 0.717) is 11.4 Å². The van der Waals surface area contributed by atoms with Crippen LogP contribution in [0.3, 0.4) is 0 Å². The minimum Gasteiger partial charge on any atom is -0.350 e. The first-order chi connectivity index (χ1) is 13.1. The first-order valence-corrected chi connectivity index (χ1v) is 8.92. The Bertz CT molecular complexity index is 1160. The third-order valence-electron chi connectivity index (χ3n) is 4.57. The van der Waals surface area contributed by atoms with Crippen LogP contribution < -0.4 is 5.43 Å². The van der Waals surface area contributed by atoms with Gasteiger partial charge in [-0.25, -0.2) is 5.43 Å². The Morgan fingerprint density at radius 3 is 2.67 bits per heavy atom. The molecule has 1 amide bonds. The number of hydrogen-bond acceptors (Lipinski definition) is 3. The molecule has 2 aromatic heterocycles.